The lowest BCUT2D eigenvalue weighted by Gasteiger charge is -2.29. The Morgan fingerprint density at radius 2 is 2.45 bits per heavy atom. The Morgan fingerprint density at radius 1 is 1.64 bits per heavy atom. The van der Waals surface area contributed by atoms with Crippen LogP contribution in [-0.2, 0) is 14.3 Å². The number of nitrogens with zero attached hydrogens (tertiary/aromatic N) is 2. The van der Waals surface area contributed by atoms with Crippen molar-refractivity contribution in [1.29, 1.82) is 0 Å². The van der Waals surface area contributed by atoms with E-state index in [0.717, 1.165) is 0 Å². The van der Waals surface area contributed by atoms with Crippen LogP contribution < -0.4 is 15.6 Å². The highest BCUT2D eigenvalue weighted by Crippen LogP contribution is 2.18. The van der Waals surface area contributed by atoms with Crippen LogP contribution in [0.1, 0.15) is 12.6 Å². The summed E-state index contributed by atoms with van der Waals surface area (Å²) in [5.74, 6) is -0.689. The van der Waals surface area contributed by atoms with Crippen LogP contribution in [0.4, 0.5) is 0 Å². The van der Waals surface area contributed by atoms with Crippen LogP contribution in [0.25, 0.3) is 0 Å². The van der Waals surface area contributed by atoms with Gasteiger partial charge in [0.1, 0.15) is 13.2 Å². The monoisotopic (exact) mass is 310 g/mol. The maximum Gasteiger partial charge on any atom is 0.392 e. The van der Waals surface area contributed by atoms with Crippen LogP contribution >= 0.6 is 0 Å². The summed E-state index contributed by atoms with van der Waals surface area (Å²) in [5.41, 5.74) is 2.88. The minimum atomic E-state index is -0.524. The Hall–Kier alpha value is -2.55. The average Bonchev–Trinajstić information content (AvgIpc) is 2.49. The lowest BCUT2D eigenvalue weighted by molar-refractivity contribution is -0.591. The fourth-order valence-electron chi connectivity index (χ4n) is 2.41. The van der Waals surface area contributed by atoms with Gasteiger partial charge in [0, 0.05) is 19.2 Å². The molecule has 2 aliphatic heterocycles. The van der Waals surface area contributed by atoms with Crippen LogP contribution in [0.3, 0.4) is 0 Å². The molecule has 1 saturated heterocycles. The molecule has 0 radical (unpaired) electrons. The number of pyridine rings is 1. The predicted molar refractivity (Wildman–Crippen MR) is 73.8 cm³/mol. The first kappa shape index (κ1) is 14.4. The van der Waals surface area contributed by atoms with Gasteiger partial charge in [-0.05, 0) is 0 Å². The average molecular weight is 310 g/mol. The number of aliphatic hydroxyl groups is 1. The van der Waals surface area contributed by atoms with Crippen molar-refractivity contribution in [2.24, 2.45) is 0 Å². The second kappa shape index (κ2) is 5.68. The van der Waals surface area contributed by atoms with Crippen LogP contribution in [-0.4, -0.2) is 58.9 Å². The quantitative estimate of drug-likeness (QED) is 0.418. The summed E-state index contributed by atoms with van der Waals surface area (Å²) < 4.78 is 18.5. The van der Waals surface area contributed by atoms with Gasteiger partial charge < -0.3 is 19.3 Å². The molecule has 0 spiro atoms. The Balaban J connectivity index is 1.99. The molecule has 118 valence electrons. The Labute approximate surface area is 125 Å². The first-order valence-electron chi connectivity index (χ1n) is 6.77. The largest absolute Gasteiger partial charge is 0.458 e. The first-order chi connectivity index (χ1) is 10.6. The molecule has 3 rings (SSSR count). The summed E-state index contributed by atoms with van der Waals surface area (Å²) in [6.07, 6.45) is 1.27. The Morgan fingerprint density at radius 3 is 3.23 bits per heavy atom. The van der Waals surface area contributed by atoms with E-state index in [2.05, 4.69) is 10.2 Å². The van der Waals surface area contributed by atoms with Gasteiger partial charge in [-0.15, -0.1) is 0 Å². The van der Waals surface area contributed by atoms with Crippen molar-refractivity contribution >= 4 is 11.9 Å². The van der Waals surface area contributed by atoms with E-state index in [1.807, 2.05) is 0 Å². The van der Waals surface area contributed by atoms with Gasteiger partial charge in [0.2, 0.25) is 23.7 Å². The molecule has 2 N–H and O–H groups in total. The molecule has 1 aromatic heterocycles. The van der Waals surface area contributed by atoms with E-state index < -0.39 is 18.2 Å². The highest BCUT2D eigenvalue weighted by Gasteiger charge is 2.38. The molecule has 0 aromatic carbocycles. The molecule has 2 aliphatic rings. The second-order valence-corrected chi connectivity index (χ2v) is 4.86. The molecule has 0 amide bonds. The number of carbonyl (C=O) groups is 1. The second-order valence-electron chi connectivity index (χ2n) is 4.86. The molecular weight excluding hydrogens is 294 g/mol. The van der Waals surface area contributed by atoms with Crippen LogP contribution in [0.5, 0.6) is 5.75 Å². The van der Waals surface area contributed by atoms with Gasteiger partial charge in [-0.1, -0.05) is 0 Å². The van der Waals surface area contributed by atoms with Crippen LogP contribution in [0.2, 0.25) is 0 Å². The molecule has 0 bridgehead atoms. The van der Waals surface area contributed by atoms with E-state index in [1.54, 1.807) is 4.58 Å². The van der Waals surface area contributed by atoms with Crippen LogP contribution in [0, 0.1) is 0 Å². The topological polar surface area (TPSA) is 102 Å². The van der Waals surface area contributed by atoms with Gasteiger partial charge in [0.25, 0.3) is 6.17 Å². The summed E-state index contributed by atoms with van der Waals surface area (Å²) in [4.78, 5) is 22.8. The molecule has 1 aromatic rings. The third kappa shape index (κ3) is 2.50. The Bertz CT molecular complexity index is 696. The van der Waals surface area contributed by atoms with Gasteiger partial charge in [-0.3, -0.25) is 15.0 Å². The fraction of sp³-hybridized carbons (Fsp3) is 0.462. The summed E-state index contributed by atoms with van der Waals surface area (Å²) >= 11 is 0. The normalized spacial score (nSPS) is 19.8. The van der Waals surface area contributed by atoms with Gasteiger partial charge >= 0.3 is 11.9 Å². The number of nitrogens with one attached hydrogen (secondary N) is 1. The summed E-state index contributed by atoms with van der Waals surface area (Å²) in [5, 5.41) is 10.5. The van der Waals surface area contributed by atoms with Crippen LogP contribution in [0.15, 0.2) is 17.1 Å². The molecule has 3 heterocycles. The van der Waals surface area contributed by atoms with Gasteiger partial charge in [0.15, 0.2) is 6.54 Å². The smallest absolute Gasteiger partial charge is 0.392 e. The van der Waals surface area contributed by atoms with Crippen molar-refractivity contribution in [2.75, 3.05) is 32.0 Å². The molecule has 0 aliphatic carbocycles. The van der Waals surface area contributed by atoms with E-state index >= 15 is 0 Å². The summed E-state index contributed by atoms with van der Waals surface area (Å²) in [6, 6.07) is 1.30. The maximum absolute atomic E-state index is 12.0. The molecule has 9 nitrogen and oxygen atoms in total. The number of morpholine rings is 1. The molecule has 1 fully saturated rings. The standard InChI is InChI=1S/C13H15N3O6/c1-8(17)21-7-22-12-9(18)2-3-16-11(12)13(19)15-4-5-20-6-10(15)14-16/h2-3,10,14H,4-7H2,1H3/p+1. The molecule has 1 unspecified atom stereocenters. The number of carbonyl (C=O) groups excluding carboxylic acids is 1. The summed E-state index contributed by atoms with van der Waals surface area (Å²) in [6.45, 7) is 2.19. The number of esters is 1. The van der Waals surface area contributed by atoms with Crippen molar-refractivity contribution in [2.45, 2.75) is 13.1 Å². The molecule has 1 atom stereocenters. The number of ether oxygens (including phenoxy) is 3. The highest BCUT2D eigenvalue weighted by atomic mass is 16.7. The zero-order chi connectivity index (χ0) is 15.7. The number of aliphatic hydroxyl groups excluding tert-OH is 1. The zero-order valence-electron chi connectivity index (χ0n) is 11.9. The number of fused-ring (bicyclic) bond motifs is 2. The minimum Gasteiger partial charge on any atom is -0.458 e. The maximum atomic E-state index is 12.0. The molecule has 0 saturated carbocycles. The highest BCUT2D eigenvalue weighted by molar-refractivity contribution is 5.90. The number of aromatic nitrogens is 1. The van der Waals surface area contributed by atoms with E-state index in [-0.39, 0.29) is 23.5 Å². The fourth-order valence-corrected chi connectivity index (χ4v) is 2.41. The van der Waals surface area contributed by atoms with Gasteiger partial charge in [0.05, 0.1) is 0 Å². The van der Waals surface area contributed by atoms with Gasteiger partial charge in [-0.25, -0.2) is 4.68 Å². The lowest BCUT2D eigenvalue weighted by Crippen LogP contribution is -2.54. The molecule has 22 heavy (non-hydrogen) atoms. The summed E-state index contributed by atoms with van der Waals surface area (Å²) in [7, 11) is 0. The minimum absolute atomic E-state index is 0.0809. The zero-order valence-corrected chi connectivity index (χ0v) is 11.9. The van der Waals surface area contributed by atoms with Crippen molar-refractivity contribution in [3.8, 4) is 5.75 Å². The van der Waals surface area contributed by atoms with Crippen molar-refractivity contribution in [3.05, 3.63) is 28.2 Å². The predicted octanol–water partition coefficient (Wildman–Crippen LogP) is -1.02. The molecular formula is C13H16N3O6+. The third-order valence-corrected chi connectivity index (χ3v) is 3.42. The van der Waals surface area contributed by atoms with Crippen molar-refractivity contribution < 1.29 is 28.7 Å². The van der Waals surface area contributed by atoms with E-state index in [0.29, 0.717) is 19.8 Å². The number of hydrogen-bond donors (Lipinski definition) is 2. The van der Waals surface area contributed by atoms with E-state index in [1.165, 1.54) is 23.9 Å². The number of hydrogen-bond acceptors (Lipinski definition) is 6. The lowest BCUT2D eigenvalue weighted by atomic mass is 10.2. The van der Waals surface area contributed by atoms with E-state index in [4.69, 9.17) is 9.47 Å². The molecule has 9 heteroatoms. The number of rotatable bonds is 3. The SMILES string of the molecule is CC(=O)OCOc1c2n(ccc1=O)NC1COCC[N+]1=C2O. The van der Waals surface area contributed by atoms with Gasteiger partial charge in [-0.2, -0.15) is 4.58 Å². The van der Waals surface area contributed by atoms with Crippen molar-refractivity contribution in [1.82, 2.24) is 4.68 Å². The van der Waals surface area contributed by atoms with Crippen molar-refractivity contribution in [3.63, 3.8) is 0 Å². The first-order valence-corrected chi connectivity index (χ1v) is 6.77. The van der Waals surface area contributed by atoms with E-state index in [9.17, 15) is 14.7 Å². The Kier molecular flexibility index (Phi) is 3.72. The third-order valence-electron chi connectivity index (χ3n) is 3.42.